The van der Waals surface area contributed by atoms with E-state index < -0.39 is 27.4 Å². The molecule has 0 aromatic carbocycles. The molecule has 2 unspecified atom stereocenters. The summed E-state index contributed by atoms with van der Waals surface area (Å²) in [7, 11) is -5.62. The van der Waals surface area contributed by atoms with Crippen LogP contribution in [0.5, 0.6) is 0 Å². The fraction of sp³-hybridized carbons (Fsp3) is 1.00. The first-order chi connectivity index (χ1) is 5.40. The Balaban J connectivity index is 5.09. The Morgan fingerprint density at radius 2 is 1.54 bits per heavy atom. The van der Waals surface area contributed by atoms with Crippen LogP contribution in [0.4, 0.5) is 17.6 Å². The summed E-state index contributed by atoms with van der Waals surface area (Å²) in [6.07, 6.45) is -9.24. The number of rotatable bonds is 2. The summed E-state index contributed by atoms with van der Waals surface area (Å²) in [5.41, 5.74) is 0. The second-order valence-corrected chi connectivity index (χ2v) is 4.15. The first kappa shape index (κ1) is 12.6. The molecule has 0 aliphatic heterocycles. The Kier molecular flexibility index (Phi) is 2.97. The van der Waals surface area contributed by atoms with Gasteiger partial charge in [0.2, 0.25) is 6.10 Å². The van der Waals surface area contributed by atoms with Gasteiger partial charge in [0.05, 0.1) is 0 Å². The van der Waals surface area contributed by atoms with Crippen molar-refractivity contribution in [1.29, 1.82) is 0 Å². The predicted octanol–water partition coefficient (Wildman–Crippen LogP) is 0.483. The highest BCUT2D eigenvalue weighted by molar-refractivity contribution is 7.87. The molecule has 9 heteroatoms. The Labute approximate surface area is 70.9 Å². The lowest BCUT2D eigenvalue weighted by Crippen LogP contribution is -2.50. The molecule has 0 fully saturated rings. The average Bonchev–Trinajstić information content (AvgIpc) is 1.81. The first-order valence-corrected chi connectivity index (χ1v) is 4.25. The van der Waals surface area contributed by atoms with Gasteiger partial charge in [0.15, 0.2) is 0 Å². The first-order valence-electron chi connectivity index (χ1n) is 2.81. The zero-order chi connectivity index (χ0) is 11.1. The molecule has 0 aromatic rings. The van der Waals surface area contributed by atoms with Gasteiger partial charge in [-0.05, 0) is 6.92 Å². The fourth-order valence-corrected chi connectivity index (χ4v) is 0.849. The lowest BCUT2D eigenvalue weighted by Gasteiger charge is -2.24. The van der Waals surface area contributed by atoms with E-state index >= 15 is 0 Å². The van der Waals surface area contributed by atoms with E-state index in [-0.39, 0.29) is 6.92 Å². The van der Waals surface area contributed by atoms with Gasteiger partial charge >= 0.3 is 16.3 Å². The van der Waals surface area contributed by atoms with Gasteiger partial charge in [-0.1, -0.05) is 0 Å². The van der Waals surface area contributed by atoms with Gasteiger partial charge in [-0.2, -0.15) is 21.6 Å². The summed E-state index contributed by atoms with van der Waals surface area (Å²) in [6.45, 7) is -0.0828. The lowest BCUT2D eigenvalue weighted by atomic mass is 10.2. The van der Waals surface area contributed by atoms with E-state index in [1.54, 1.807) is 0 Å². The van der Waals surface area contributed by atoms with Crippen molar-refractivity contribution in [2.75, 3.05) is 0 Å². The molecule has 0 heterocycles. The summed E-state index contributed by atoms with van der Waals surface area (Å²) < 4.78 is 75.6. The molecule has 0 spiro atoms. The largest absolute Gasteiger partial charge is 0.418 e. The van der Waals surface area contributed by atoms with E-state index in [4.69, 9.17) is 9.66 Å². The van der Waals surface area contributed by atoms with Gasteiger partial charge in [-0.25, -0.2) is 4.39 Å². The molecule has 0 bridgehead atoms. The van der Waals surface area contributed by atoms with E-state index in [0.717, 1.165) is 0 Å². The molecule has 0 rings (SSSR count). The second kappa shape index (κ2) is 3.07. The van der Waals surface area contributed by atoms with Crippen LogP contribution in [0, 0.1) is 0 Å². The van der Waals surface area contributed by atoms with Gasteiger partial charge in [0.1, 0.15) is 0 Å². The number of hydrogen-bond donors (Lipinski definition) is 2. The Morgan fingerprint density at radius 3 is 1.62 bits per heavy atom. The maximum atomic E-state index is 12.7. The van der Waals surface area contributed by atoms with Crippen LogP contribution in [-0.4, -0.2) is 35.4 Å². The molecule has 0 saturated carbocycles. The zero-order valence-corrected chi connectivity index (χ0v) is 7.02. The second-order valence-electron chi connectivity index (χ2n) is 2.41. The normalized spacial score (nSPS) is 20.8. The van der Waals surface area contributed by atoms with Crippen LogP contribution in [0.15, 0.2) is 0 Å². The van der Waals surface area contributed by atoms with Crippen LogP contribution >= 0.6 is 0 Å². The van der Waals surface area contributed by atoms with Crippen molar-refractivity contribution in [3.63, 3.8) is 0 Å². The third-order valence-corrected chi connectivity index (χ3v) is 2.53. The quantitative estimate of drug-likeness (QED) is 0.530. The van der Waals surface area contributed by atoms with Gasteiger partial charge in [0, 0.05) is 0 Å². The molecule has 80 valence electrons. The number of hydrogen-bond acceptors (Lipinski definition) is 3. The summed E-state index contributed by atoms with van der Waals surface area (Å²) >= 11 is 0. The predicted molar refractivity (Wildman–Crippen MR) is 33.1 cm³/mol. The molecule has 0 radical (unpaired) electrons. The summed E-state index contributed by atoms with van der Waals surface area (Å²) in [6, 6.07) is 0. The van der Waals surface area contributed by atoms with Crippen LogP contribution in [0.25, 0.3) is 0 Å². The highest BCUT2D eigenvalue weighted by atomic mass is 32.2. The molecule has 13 heavy (non-hydrogen) atoms. The molecule has 4 nitrogen and oxygen atoms in total. The third-order valence-electron chi connectivity index (χ3n) is 1.30. The van der Waals surface area contributed by atoms with Crippen molar-refractivity contribution in [2.24, 2.45) is 0 Å². The van der Waals surface area contributed by atoms with Crippen molar-refractivity contribution in [3.8, 4) is 0 Å². The Bertz CT molecular complexity index is 279. The summed E-state index contributed by atoms with van der Waals surface area (Å²) in [4.78, 5) is 0. The Morgan fingerprint density at radius 1 is 1.23 bits per heavy atom. The molecular weight excluding hydrogens is 220 g/mol. The highest BCUT2D eigenvalue weighted by Gasteiger charge is 2.58. The number of aliphatic hydroxyl groups is 1. The molecule has 2 N–H and O–H groups in total. The smallest absolute Gasteiger partial charge is 0.380 e. The fourth-order valence-electron chi connectivity index (χ4n) is 0.433. The van der Waals surface area contributed by atoms with Gasteiger partial charge < -0.3 is 5.11 Å². The van der Waals surface area contributed by atoms with E-state index in [9.17, 15) is 26.0 Å². The van der Waals surface area contributed by atoms with E-state index in [2.05, 4.69) is 0 Å². The monoisotopic (exact) mass is 226 g/mol. The topological polar surface area (TPSA) is 74.6 Å². The minimum atomic E-state index is -5.62. The third kappa shape index (κ3) is 2.51. The molecule has 0 aromatic heterocycles. The minimum Gasteiger partial charge on any atom is -0.380 e. The average molecular weight is 226 g/mol. The van der Waals surface area contributed by atoms with Crippen LogP contribution in [0.1, 0.15) is 6.92 Å². The van der Waals surface area contributed by atoms with E-state index in [0.29, 0.717) is 0 Å². The van der Waals surface area contributed by atoms with Crippen molar-refractivity contribution in [2.45, 2.75) is 24.2 Å². The molecule has 0 saturated heterocycles. The van der Waals surface area contributed by atoms with E-state index in [1.807, 2.05) is 0 Å². The zero-order valence-electron chi connectivity index (χ0n) is 6.21. The van der Waals surface area contributed by atoms with Crippen LogP contribution in [-0.2, 0) is 10.1 Å². The Hall–Kier alpha value is -0.410. The minimum absolute atomic E-state index is 0.0828. The van der Waals surface area contributed by atoms with Gasteiger partial charge in [-0.15, -0.1) is 0 Å². The van der Waals surface area contributed by atoms with Crippen molar-refractivity contribution in [3.05, 3.63) is 0 Å². The van der Waals surface area contributed by atoms with Crippen LogP contribution in [0.3, 0.4) is 0 Å². The maximum absolute atomic E-state index is 12.7. The number of alkyl halides is 4. The van der Waals surface area contributed by atoms with Gasteiger partial charge in [-0.3, -0.25) is 4.55 Å². The molecule has 2 atom stereocenters. The summed E-state index contributed by atoms with van der Waals surface area (Å²) in [5.74, 6) is 0. The van der Waals surface area contributed by atoms with Gasteiger partial charge in [0.25, 0.3) is 5.00 Å². The van der Waals surface area contributed by atoms with Crippen LogP contribution in [0.2, 0.25) is 0 Å². The van der Waals surface area contributed by atoms with E-state index in [1.165, 1.54) is 0 Å². The molecule has 0 aliphatic rings. The molecule has 0 amide bonds. The lowest BCUT2D eigenvalue weighted by molar-refractivity contribution is -0.226. The summed E-state index contributed by atoms with van der Waals surface area (Å²) in [5, 5.41) is 4.05. The van der Waals surface area contributed by atoms with Crippen molar-refractivity contribution in [1.82, 2.24) is 0 Å². The maximum Gasteiger partial charge on any atom is 0.418 e. The molecule has 0 aliphatic carbocycles. The van der Waals surface area contributed by atoms with Crippen molar-refractivity contribution >= 4 is 10.1 Å². The highest BCUT2D eigenvalue weighted by Crippen LogP contribution is 2.33. The van der Waals surface area contributed by atoms with Crippen molar-refractivity contribution < 1.29 is 35.6 Å². The molecular formula is C4H6F4O4S. The number of aliphatic hydroxyl groups excluding tert-OH is 1. The SMILES string of the molecule is CC(F)(C(O)C(F)(F)F)S(=O)(=O)O. The standard InChI is InChI=1S/C4H6F4O4S/c1-3(5,13(10,11)12)2(9)4(6,7)8/h2,9H,1H3,(H,10,11,12). The number of halogens is 4. The van der Waals surface area contributed by atoms with Crippen LogP contribution < -0.4 is 0 Å².